The summed E-state index contributed by atoms with van der Waals surface area (Å²) in [5.41, 5.74) is 2.17. The number of rotatable bonds is 6. The van der Waals surface area contributed by atoms with E-state index in [-0.39, 0.29) is 17.0 Å². The average molecular weight is 366 g/mol. The first-order chi connectivity index (χ1) is 13.0. The summed E-state index contributed by atoms with van der Waals surface area (Å²) < 4.78 is 6.66. The molecule has 0 aliphatic carbocycles. The molecule has 0 saturated carbocycles. The second kappa shape index (κ2) is 7.69. The zero-order valence-electron chi connectivity index (χ0n) is 14.9. The first-order valence-electron chi connectivity index (χ1n) is 8.19. The van der Waals surface area contributed by atoms with E-state index >= 15 is 0 Å². The van der Waals surface area contributed by atoms with Gasteiger partial charge in [0.15, 0.2) is 11.6 Å². The number of aromatic nitrogens is 2. The Morgan fingerprint density at radius 2 is 2.04 bits per heavy atom. The highest BCUT2D eigenvalue weighted by Crippen LogP contribution is 2.27. The lowest BCUT2D eigenvalue weighted by molar-refractivity contribution is -0.385. The number of amides is 1. The standard InChI is InChI=1S/C19H18N4O4/c1-13-5-3-4-6-15(13)12-22-10-9-18(21-22)20-19(24)14-7-8-17(27-2)16(11-14)23(25)26/h3-11H,12H2,1-2H3,(H,20,21,24). The molecule has 1 heterocycles. The van der Waals surface area contributed by atoms with Crippen LogP contribution < -0.4 is 10.1 Å². The molecule has 1 aromatic heterocycles. The predicted octanol–water partition coefficient (Wildman–Crippen LogP) is 3.41. The van der Waals surface area contributed by atoms with Crippen LogP contribution in [0.2, 0.25) is 0 Å². The van der Waals surface area contributed by atoms with Gasteiger partial charge in [0.05, 0.1) is 18.6 Å². The molecule has 1 N–H and O–H groups in total. The molecule has 0 spiro atoms. The molecule has 0 fully saturated rings. The Kier molecular flexibility index (Phi) is 5.16. The molecule has 0 unspecified atom stereocenters. The maximum atomic E-state index is 12.4. The predicted molar refractivity (Wildman–Crippen MR) is 100 cm³/mol. The van der Waals surface area contributed by atoms with Crippen molar-refractivity contribution in [2.45, 2.75) is 13.5 Å². The molecule has 0 aliphatic rings. The Balaban J connectivity index is 1.74. The third-order valence-electron chi connectivity index (χ3n) is 4.11. The van der Waals surface area contributed by atoms with E-state index in [4.69, 9.17) is 4.74 Å². The van der Waals surface area contributed by atoms with Crippen LogP contribution in [-0.4, -0.2) is 27.7 Å². The average Bonchev–Trinajstić information content (AvgIpc) is 3.09. The van der Waals surface area contributed by atoms with Crippen molar-refractivity contribution in [3.8, 4) is 5.75 Å². The van der Waals surface area contributed by atoms with E-state index in [1.54, 1.807) is 16.9 Å². The summed E-state index contributed by atoms with van der Waals surface area (Å²) >= 11 is 0. The maximum absolute atomic E-state index is 12.4. The van der Waals surface area contributed by atoms with E-state index in [9.17, 15) is 14.9 Å². The van der Waals surface area contributed by atoms with Gasteiger partial charge in [-0.3, -0.25) is 19.6 Å². The number of carbonyl (C=O) groups is 1. The van der Waals surface area contributed by atoms with Crippen molar-refractivity contribution < 1.29 is 14.5 Å². The van der Waals surface area contributed by atoms with Gasteiger partial charge in [0.25, 0.3) is 5.91 Å². The Morgan fingerprint density at radius 1 is 1.26 bits per heavy atom. The molecule has 138 valence electrons. The minimum atomic E-state index is -0.591. The number of benzene rings is 2. The van der Waals surface area contributed by atoms with Gasteiger partial charge in [-0.15, -0.1) is 0 Å². The quantitative estimate of drug-likeness (QED) is 0.532. The molecule has 3 rings (SSSR count). The first kappa shape index (κ1) is 18.1. The maximum Gasteiger partial charge on any atom is 0.311 e. The molecule has 8 heteroatoms. The summed E-state index contributed by atoms with van der Waals surface area (Å²) in [6, 6.07) is 13.7. The number of anilines is 1. The number of nitrogens with zero attached hydrogens (tertiary/aromatic N) is 3. The lowest BCUT2D eigenvalue weighted by Crippen LogP contribution is -2.13. The Hall–Kier alpha value is -3.68. The van der Waals surface area contributed by atoms with Crippen LogP contribution >= 0.6 is 0 Å². The number of carbonyl (C=O) groups excluding carboxylic acids is 1. The van der Waals surface area contributed by atoms with Crippen LogP contribution in [0.4, 0.5) is 11.5 Å². The molecule has 8 nitrogen and oxygen atoms in total. The number of nitrogens with one attached hydrogen (secondary N) is 1. The van der Waals surface area contributed by atoms with Crippen molar-refractivity contribution in [1.29, 1.82) is 0 Å². The molecule has 2 aromatic carbocycles. The smallest absolute Gasteiger partial charge is 0.311 e. The van der Waals surface area contributed by atoms with Crippen LogP contribution in [0.3, 0.4) is 0 Å². The van der Waals surface area contributed by atoms with E-state index in [2.05, 4.69) is 10.4 Å². The van der Waals surface area contributed by atoms with Gasteiger partial charge in [-0.1, -0.05) is 24.3 Å². The molecule has 3 aromatic rings. The number of hydrogen-bond acceptors (Lipinski definition) is 5. The lowest BCUT2D eigenvalue weighted by atomic mass is 10.1. The van der Waals surface area contributed by atoms with Crippen molar-refractivity contribution in [2.75, 3.05) is 12.4 Å². The molecule has 1 amide bonds. The Morgan fingerprint density at radius 3 is 2.74 bits per heavy atom. The number of hydrogen-bond donors (Lipinski definition) is 1. The second-order valence-corrected chi connectivity index (χ2v) is 5.92. The highest BCUT2D eigenvalue weighted by atomic mass is 16.6. The zero-order chi connectivity index (χ0) is 19.4. The summed E-state index contributed by atoms with van der Waals surface area (Å²) in [6.45, 7) is 2.61. The van der Waals surface area contributed by atoms with Crippen molar-refractivity contribution in [2.24, 2.45) is 0 Å². The van der Waals surface area contributed by atoms with E-state index in [1.165, 1.54) is 25.3 Å². The first-order valence-corrected chi connectivity index (χ1v) is 8.19. The van der Waals surface area contributed by atoms with E-state index in [1.807, 2.05) is 31.2 Å². The molecule has 0 bridgehead atoms. The van der Waals surface area contributed by atoms with E-state index < -0.39 is 10.8 Å². The van der Waals surface area contributed by atoms with Crippen molar-refractivity contribution >= 4 is 17.4 Å². The minimum absolute atomic E-state index is 0.0964. The Bertz CT molecular complexity index is 997. The SMILES string of the molecule is COc1ccc(C(=O)Nc2ccn(Cc3ccccc3C)n2)cc1[N+](=O)[O-]. The summed E-state index contributed by atoms with van der Waals surface area (Å²) in [4.78, 5) is 22.9. The van der Waals surface area contributed by atoms with Gasteiger partial charge in [-0.25, -0.2) is 0 Å². The molecule has 27 heavy (non-hydrogen) atoms. The van der Waals surface area contributed by atoms with Crippen LogP contribution in [0, 0.1) is 17.0 Å². The fraction of sp³-hybridized carbons (Fsp3) is 0.158. The third-order valence-corrected chi connectivity index (χ3v) is 4.11. The third kappa shape index (κ3) is 4.12. The van der Waals surface area contributed by atoms with Gasteiger partial charge >= 0.3 is 5.69 Å². The summed E-state index contributed by atoms with van der Waals surface area (Å²) in [7, 11) is 1.34. The topological polar surface area (TPSA) is 99.3 Å². The van der Waals surface area contributed by atoms with Crippen LogP contribution in [0.25, 0.3) is 0 Å². The lowest BCUT2D eigenvalue weighted by Gasteiger charge is -2.06. The van der Waals surface area contributed by atoms with Crippen molar-refractivity contribution in [3.05, 3.63) is 81.5 Å². The van der Waals surface area contributed by atoms with Gasteiger partial charge < -0.3 is 10.1 Å². The fourth-order valence-corrected chi connectivity index (χ4v) is 2.64. The van der Waals surface area contributed by atoms with Crippen molar-refractivity contribution in [3.63, 3.8) is 0 Å². The normalized spacial score (nSPS) is 10.4. The molecular formula is C19H18N4O4. The molecule has 0 saturated heterocycles. The molecule has 0 radical (unpaired) electrons. The van der Waals surface area contributed by atoms with Crippen LogP contribution in [0.1, 0.15) is 21.5 Å². The largest absolute Gasteiger partial charge is 0.490 e. The van der Waals surface area contributed by atoms with Gasteiger partial charge in [0.1, 0.15) is 0 Å². The van der Waals surface area contributed by atoms with Crippen LogP contribution in [0.15, 0.2) is 54.7 Å². The number of ether oxygens (including phenoxy) is 1. The van der Waals surface area contributed by atoms with Gasteiger partial charge in [0, 0.05) is 23.9 Å². The van der Waals surface area contributed by atoms with E-state index in [0.717, 1.165) is 11.1 Å². The summed E-state index contributed by atoms with van der Waals surface area (Å²) in [5.74, 6) is -0.0204. The zero-order valence-corrected chi connectivity index (χ0v) is 14.9. The highest BCUT2D eigenvalue weighted by Gasteiger charge is 2.18. The molecule has 0 atom stereocenters. The number of nitro benzene ring substituents is 1. The van der Waals surface area contributed by atoms with Crippen LogP contribution in [-0.2, 0) is 6.54 Å². The minimum Gasteiger partial charge on any atom is -0.490 e. The molecular weight excluding hydrogens is 348 g/mol. The van der Waals surface area contributed by atoms with Crippen LogP contribution in [0.5, 0.6) is 5.75 Å². The number of methoxy groups -OCH3 is 1. The number of nitro groups is 1. The van der Waals surface area contributed by atoms with Gasteiger partial charge in [-0.05, 0) is 30.2 Å². The van der Waals surface area contributed by atoms with Gasteiger partial charge in [0.2, 0.25) is 0 Å². The summed E-state index contributed by atoms with van der Waals surface area (Å²) in [5, 5.41) is 18.1. The van der Waals surface area contributed by atoms with Crippen molar-refractivity contribution in [1.82, 2.24) is 9.78 Å². The molecule has 0 aliphatic heterocycles. The monoisotopic (exact) mass is 366 g/mol. The Labute approximate surface area is 155 Å². The number of aryl methyl sites for hydroxylation is 1. The highest BCUT2D eigenvalue weighted by molar-refractivity contribution is 6.04. The fourth-order valence-electron chi connectivity index (χ4n) is 2.64. The summed E-state index contributed by atoms with van der Waals surface area (Å²) in [6.07, 6.45) is 1.76. The van der Waals surface area contributed by atoms with Gasteiger partial charge in [-0.2, -0.15) is 5.10 Å². The second-order valence-electron chi connectivity index (χ2n) is 5.92. The van der Waals surface area contributed by atoms with E-state index in [0.29, 0.717) is 12.4 Å².